The summed E-state index contributed by atoms with van der Waals surface area (Å²) in [6.07, 6.45) is 1.41. The van der Waals surface area contributed by atoms with Gasteiger partial charge in [-0.3, -0.25) is 14.9 Å². The predicted molar refractivity (Wildman–Crippen MR) is 133 cm³/mol. The average Bonchev–Trinajstić information content (AvgIpc) is 2.78. The van der Waals surface area contributed by atoms with E-state index in [-0.39, 0.29) is 16.3 Å². The fraction of sp³-hybridized carbons (Fsp3) is 0.0417. The molecule has 4 amide bonds. The van der Waals surface area contributed by atoms with Crippen molar-refractivity contribution in [2.75, 3.05) is 4.90 Å². The highest BCUT2D eigenvalue weighted by atomic mass is 79.9. The molecule has 1 fully saturated rings. The Balaban J connectivity index is 1.57. The molecule has 4 rings (SSSR count). The molecule has 0 saturated carbocycles. The van der Waals surface area contributed by atoms with E-state index in [1.54, 1.807) is 36.4 Å². The summed E-state index contributed by atoms with van der Waals surface area (Å²) < 4.78 is 7.49. The molecule has 0 unspecified atom stereocenters. The van der Waals surface area contributed by atoms with Crippen molar-refractivity contribution in [1.82, 2.24) is 5.32 Å². The van der Waals surface area contributed by atoms with Crippen LogP contribution in [0.2, 0.25) is 5.02 Å². The first-order valence-electron chi connectivity index (χ1n) is 9.66. The molecular weight excluding hydrogens is 576 g/mol. The molecule has 0 radical (unpaired) electrons. The van der Waals surface area contributed by atoms with Crippen LogP contribution in [0.4, 0.5) is 10.5 Å². The summed E-state index contributed by atoms with van der Waals surface area (Å²) in [5.41, 5.74) is 1.58. The summed E-state index contributed by atoms with van der Waals surface area (Å²) in [4.78, 5) is 38.6. The summed E-state index contributed by atoms with van der Waals surface area (Å²) in [7, 11) is 0. The van der Waals surface area contributed by atoms with Gasteiger partial charge in [-0.05, 0) is 69.5 Å². The number of imide groups is 2. The summed E-state index contributed by atoms with van der Waals surface area (Å²) in [6, 6.07) is 18.5. The van der Waals surface area contributed by atoms with E-state index in [0.717, 1.165) is 14.9 Å². The van der Waals surface area contributed by atoms with E-state index in [1.807, 2.05) is 24.3 Å². The zero-order valence-corrected chi connectivity index (χ0v) is 20.8. The molecule has 33 heavy (non-hydrogen) atoms. The number of urea groups is 1. The van der Waals surface area contributed by atoms with Crippen LogP contribution < -0.4 is 15.0 Å². The Bertz CT molecular complexity index is 1290. The standard InChI is InChI=1S/C24H15Br2ClN2O4/c25-16-8-5-14(6-9-16)13-33-21-10-7-15(12-18(21)26)11-17-22(30)28-24(32)29(23(17)31)20-4-2-1-3-19(20)27/h1-12H,13H2,(H,28,30,32)/b17-11+. The number of amides is 4. The van der Waals surface area contributed by atoms with Gasteiger partial charge in [0.25, 0.3) is 11.8 Å². The van der Waals surface area contributed by atoms with Gasteiger partial charge in [-0.1, -0.05) is 57.9 Å². The van der Waals surface area contributed by atoms with Gasteiger partial charge in [0.15, 0.2) is 0 Å². The van der Waals surface area contributed by atoms with Crippen LogP contribution in [-0.2, 0) is 16.2 Å². The van der Waals surface area contributed by atoms with E-state index in [1.165, 1.54) is 12.1 Å². The second kappa shape index (κ2) is 9.91. The van der Waals surface area contributed by atoms with Crippen molar-refractivity contribution in [1.29, 1.82) is 0 Å². The third-order valence-electron chi connectivity index (χ3n) is 4.77. The van der Waals surface area contributed by atoms with Gasteiger partial charge < -0.3 is 4.74 Å². The lowest BCUT2D eigenvalue weighted by Crippen LogP contribution is -2.54. The normalized spacial score (nSPS) is 15.1. The summed E-state index contributed by atoms with van der Waals surface area (Å²) in [6.45, 7) is 0.377. The maximum absolute atomic E-state index is 13.0. The number of carbonyl (C=O) groups is 3. The molecule has 0 aromatic heterocycles. The number of ether oxygens (including phenoxy) is 1. The smallest absolute Gasteiger partial charge is 0.335 e. The lowest BCUT2D eigenvalue weighted by atomic mass is 10.1. The summed E-state index contributed by atoms with van der Waals surface area (Å²) >= 11 is 13.0. The number of barbiturate groups is 1. The minimum atomic E-state index is -0.854. The van der Waals surface area contributed by atoms with E-state index in [0.29, 0.717) is 22.4 Å². The average molecular weight is 591 g/mol. The Morgan fingerprint density at radius 1 is 0.970 bits per heavy atom. The molecule has 9 heteroatoms. The van der Waals surface area contributed by atoms with Crippen LogP contribution >= 0.6 is 43.5 Å². The van der Waals surface area contributed by atoms with Crippen molar-refractivity contribution in [2.45, 2.75) is 6.61 Å². The molecule has 1 aliphatic heterocycles. The number of halogens is 3. The topological polar surface area (TPSA) is 75.7 Å². The van der Waals surface area contributed by atoms with Gasteiger partial charge in [0, 0.05) is 4.47 Å². The van der Waals surface area contributed by atoms with Crippen LogP contribution in [0.5, 0.6) is 5.75 Å². The number of carbonyl (C=O) groups excluding carboxylic acids is 3. The lowest BCUT2D eigenvalue weighted by Gasteiger charge is -2.27. The minimum Gasteiger partial charge on any atom is -0.488 e. The van der Waals surface area contributed by atoms with E-state index in [9.17, 15) is 14.4 Å². The van der Waals surface area contributed by atoms with Gasteiger partial charge >= 0.3 is 6.03 Å². The SMILES string of the molecule is O=C1NC(=O)N(c2ccccc2Cl)C(=O)/C1=C/c1ccc(OCc2ccc(Br)cc2)c(Br)c1. The first-order chi connectivity index (χ1) is 15.8. The number of nitrogens with one attached hydrogen (secondary N) is 1. The van der Waals surface area contributed by atoms with Gasteiger partial charge in [-0.25, -0.2) is 9.69 Å². The Hall–Kier alpha value is -2.94. The number of hydrogen-bond acceptors (Lipinski definition) is 4. The number of benzene rings is 3. The molecule has 0 bridgehead atoms. The van der Waals surface area contributed by atoms with Crippen LogP contribution in [0.15, 0.2) is 81.2 Å². The third-order valence-corrected chi connectivity index (χ3v) is 6.24. The molecule has 1 heterocycles. The third kappa shape index (κ3) is 5.19. The van der Waals surface area contributed by atoms with Gasteiger partial charge in [-0.2, -0.15) is 0 Å². The molecule has 3 aromatic rings. The van der Waals surface area contributed by atoms with Crippen molar-refractivity contribution in [3.63, 3.8) is 0 Å². The van der Waals surface area contributed by atoms with Gasteiger partial charge in [0.1, 0.15) is 17.9 Å². The fourth-order valence-electron chi connectivity index (χ4n) is 3.14. The minimum absolute atomic E-state index is 0.190. The van der Waals surface area contributed by atoms with E-state index < -0.39 is 17.8 Å². The zero-order chi connectivity index (χ0) is 23.5. The maximum Gasteiger partial charge on any atom is 0.335 e. The molecule has 1 N–H and O–H groups in total. The summed E-state index contributed by atoms with van der Waals surface area (Å²) in [5.74, 6) is -0.934. The Kier molecular flexibility index (Phi) is 6.97. The second-order valence-electron chi connectivity index (χ2n) is 7.01. The Labute approximate surface area is 211 Å². The highest BCUT2D eigenvalue weighted by Crippen LogP contribution is 2.31. The monoisotopic (exact) mass is 588 g/mol. The molecular formula is C24H15Br2ClN2O4. The Morgan fingerprint density at radius 3 is 2.39 bits per heavy atom. The molecule has 1 aliphatic rings. The first-order valence-corrected chi connectivity index (χ1v) is 11.6. The van der Waals surface area contributed by atoms with E-state index in [2.05, 4.69) is 37.2 Å². The number of nitrogens with zero attached hydrogens (tertiary/aromatic N) is 1. The van der Waals surface area contributed by atoms with Crippen LogP contribution in [0.1, 0.15) is 11.1 Å². The number of rotatable bonds is 5. The zero-order valence-electron chi connectivity index (χ0n) is 16.8. The van der Waals surface area contributed by atoms with E-state index >= 15 is 0 Å². The maximum atomic E-state index is 13.0. The second-order valence-corrected chi connectivity index (χ2v) is 9.19. The lowest BCUT2D eigenvalue weighted by molar-refractivity contribution is -0.122. The molecule has 0 atom stereocenters. The molecule has 6 nitrogen and oxygen atoms in total. The van der Waals surface area contributed by atoms with Crippen molar-refractivity contribution < 1.29 is 19.1 Å². The van der Waals surface area contributed by atoms with Crippen molar-refractivity contribution in [3.8, 4) is 5.75 Å². The van der Waals surface area contributed by atoms with E-state index in [4.69, 9.17) is 16.3 Å². The van der Waals surface area contributed by atoms with Crippen molar-refractivity contribution in [3.05, 3.63) is 97.4 Å². The highest BCUT2D eigenvalue weighted by Gasteiger charge is 2.37. The first kappa shape index (κ1) is 23.2. The predicted octanol–water partition coefficient (Wildman–Crippen LogP) is 6.11. The fourth-order valence-corrected chi connectivity index (χ4v) is 4.14. The van der Waals surface area contributed by atoms with Gasteiger partial charge in [0.2, 0.25) is 0 Å². The van der Waals surface area contributed by atoms with Crippen molar-refractivity contribution >= 4 is 73.1 Å². The summed E-state index contributed by atoms with van der Waals surface area (Å²) in [5, 5.41) is 2.40. The molecule has 0 aliphatic carbocycles. The number of anilines is 1. The Morgan fingerprint density at radius 2 is 1.70 bits per heavy atom. The highest BCUT2D eigenvalue weighted by molar-refractivity contribution is 9.10. The van der Waals surface area contributed by atoms with Gasteiger partial charge in [0.05, 0.1) is 15.2 Å². The van der Waals surface area contributed by atoms with Crippen LogP contribution in [-0.4, -0.2) is 17.8 Å². The largest absolute Gasteiger partial charge is 0.488 e. The quantitative estimate of drug-likeness (QED) is 0.288. The van der Waals surface area contributed by atoms with Crippen LogP contribution in [0.25, 0.3) is 6.08 Å². The van der Waals surface area contributed by atoms with Gasteiger partial charge in [-0.15, -0.1) is 0 Å². The number of para-hydroxylation sites is 1. The molecule has 3 aromatic carbocycles. The van der Waals surface area contributed by atoms with Crippen LogP contribution in [0.3, 0.4) is 0 Å². The molecule has 0 spiro atoms. The number of hydrogen-bond donors (Lipinski definition) is 1. The van der Waals surface area contributed by atoms with Crippen LogP contribution in [0, 0.1) is 0 Å². The van der Waals surface area contributed by atoms with Crippen molar-refractivity contribution in [2.24, 2.45) is 0 Å². The molecule has 1 saturated heterocycles. The molecule has 166 valence electrons.